The van der Waals surface area contributed by atoms with E-state index in [9.17, 15) is 9.59 Å². The first-order chi connectivity index (χ1) is 12.3. The van der Waals surface area contributed by atoms with Gasteiger partial charge in [-0.15, -0.1) is 0 Å². The van der Waals surface area contributed by atoms with E-state index >= 15 is 0 Å². The second-order valence-corrected chi connectivity index (χ2v) is 6.86. The van der Waals surface area contributed by atoms with Crippen LogP contribution in [-0.2, 0) is 11.3 Å². The fraction of sp³-hybridized carbons (Fsp3) is 0.333. The zero-order valence-electron chi connectivity index (χ0n) is 15.6. The summed E-state index contributed by atoms with van der Waals surface area (Å²) in [4.78, 5) is 26.3. The maximum Gasteiger partial charge on any atom is 0.223 e. The Morgan fingerprint density at radius 2 is 1.77 bits per heavy atom. The number of benzene rings is 2. The Morgan fingerprint density at radius 1 is 1.04 bits per heavy atom. The highest BCUT2D eigenvalue weighted by Crippen LogP contribution is 2.24. The van der Waals surface area contributed by atoms with Crippen molar-refractivity contribution in [3.8, 4) is 5.75 Å². The Balaban J connectivity index is 1.96. The van der Waals surface area contributed by atoms with Gasteiger partial charge in [0.1, 0.15) is 5.75 Å². The second kappa shape index (κ2) is 8.86. The van der Waals surface area contributed by atoms with Crippen LogP contribution in [0.5, 0.6) is 5.75 Å². The second-order valence-electron chi connectivity index (χ2n) is 6.43. The molecule has 0 unspecified atom stereocenters. The van der Waals surface area contributed by atoms with Crippen molar-refractivity contribution >= 4 is 23.3 Å². The third kappa shape index (κ3) is 5.09. The molecular weight excluding hydrogens is 350 g/mol. The smallest absolute Gasteiger partial charge is 0.223 e. The minimum absolute atomic E-state index is 0.0183. The van der Waals surface area contributed by atoms with E-state index in [1.54, 1.807) is 37.3 Å². The molecule has 0 aromatic heterocycles. The van der Waals surface area contributed by atoms with Gasteiger partial charge >= 0.3 is 0 Å². The molecule has 2 rings (SSSR count). The summed E-state index contributed by atoms with van der Waals surface area (Å²) in [6.07, 6.45) is 0.365. The zero-order valence-corrected chi connectivity index (χ0v) is 16.4. The van der Waals surface area contributed by atoms with E-state index < -0.39 is 0 Å². The maximum atomic E-state index is 12.4. The average Bonchev–Trinajstić information content (AvgIpc) is 2.61. The molecule has 0 radical (unpaired) electrons. The largest absolute Gasteiger partial charge is 0.496 e. The summed E-state index contributed by atoms with van der Waals surface area (Å²) in [7, 11) is 3.29. The lowest BCUT2D eigenvalue weighted by Gasteiger charge is -2.19. The van der Waals surface area contributed by atoms with Crippen LogP contribution < -0.4 is 4.74 Å². The molecule has 0 heterocycles. The SMILES string of the molecule is COc1ccc(Cl)cc1CN(C)C(=O)CCC(=O)c1ccc(C)c(C)c1. The van der Waals surface area contributed by atoms with Crippen molar-refractivity contribution in [2.75, 3.05) is 14.2 Å². The van der Waals surface area contributed by atoms with Gasteiger partial charge in [0.2, 0.25) is 5.91 Å². The molecule has 0 saturated heterocycles. The van der Waals surface area contributed by atoms with Gasteiger partial charge in [-0.1, -0.05) is 23.7 Å². The van der Waals surface area contributed by atoms with Crippen molar-refractivity contribution in [3.05, 3.63) is 63.7 Å². The molecule has 26 heavy (non-hydrogen) atoms. The van der Waals surface area contributed by atoms with Crippen molar-refractivity contribution in [3.63, 3.8) is 0 Å². The van der Waals surface area contributed by atoms with Crippen LogP contribution in [0.4, 0.5) is 0 Å². The summed E-state index contributed by atoms with van der Waals surface area (Å²) >= 11 is 6.03. The zero-order chi connectivity index (χ0) is 19.3. The number of Topliss-reactive ketones (excluding diaryl/α,β-unsaturated/α-hetero) is 1. The number of halogens is 1. The highest BCUT2D eigenvalue weighted by Gasteiger charge is 2.15. The quantitative estimate of drug-likeness (QED) is 0.667. The third-order valence-electron chi connectivity index (χ3n) is 4.47. The Bertz CT molecular complexity index is 817. The average molecular weight is 374 g/mol. The molecule has 0 spiro atoms. The number of rotatable bonds is 7. The fourth-order valence-corrected chi connectivity index (χ4v) is 2.88. The first kappa shape index (κ1) is 20.0. The topological polar surface area (TPSA) is 46.6 Å². The lowest BCUT2D eigenvalue weighted by atomic mass is 10.0. The normalized spacial score (nSPS) is 10.5. The molecule has 1 amide bonds. The van der Waals surface area contributed by atoms with Crippen molar-refractivity contribution in [1.82, 2.24) is 4.90 Å². The van der Waals surface area contributed by atoms with Crippen molar-refractivity contribution in [2.45, 2.75) is 33.2 Å². The number of ketones is 1. The summed E-state index contributed by atoms with van der Waals surface area (Å²) in [6.45, 7) is 4.36. The number of carbonyl (C=O) groups is 2. The molecule has 0 aliphatic carbocycles. The molecule has 2 aromatic rings. The van der Waals surface area contributed by atoms with E-state index in [2.05, 4.69) is 0 Å². The summed E-state index contributed by atoms with van der Waals surface area (Å²) in [6, 6.07) is 10.9. The highest BCUT2D eigenvalue weighted by atomic mass is 35.5. The summed E-state index contributed by atoms with van der Waals surface area (Å²) in [5, 5.41) is 0.589. The van der Waals surface area contributed by atoms with Gasteiger partial charge in [0.05, 0.1) is 7.11 Å². The van der Waals surface area contributed by atoms with Gasteiger partial charge in [-0.2, -0.15) is 0 Å². The number of ether oxygens (including phenoxy) is 1. The summed E-state index contributed by atoms with van der Waals surface area (Å²) < 4.78 is 5.31. The van der Waals surface area contributed by atoms with E-state index in [1.165, 1.54) is 0 Å². The number of aryl methyl sites for hydroxylation is 2. The number of methoxy groups -OCH3 is 1. The van der Waals surface area contributed by atoms with E-state index in [4.69, 9.17) is 16.3 Å². The third-order valence-corrected chi connectivity index (χ3v) is 4.71. The molecule has 5 heteroatoms. The predicted octanol–water partition coefficient (Wildman–Crippen LogP) is 4.59. The van der Waals surface area contributed by atoms with Crippen LogP contribution >= 0.6 is 11.6 Å². The van der Waals surface area contributed by atoms with Crippen molar-refractivity contribution in [2.24, 2.45) is 0 Å². The van der Waals surface area contributed by atoms with Crippen LogP contribution in [0.15, 0.2) is 36.4 Å². The first-order valence-corrected chi connectivity index (χ1v) is 8.86. The Labute approximate surface area is 159 Å². The number of hydrogen-bond acceptors (Lipinski definition) is 3. The number of nitrogens with zero attached hydrogens (tertiary/aromatic N) is 1. The molecule has 0 aliphatic heterocycles. The Kier molecular flexibility index (Phi) is 6.81. The molecule has 0 atom stereocenters. The summed E-state index contributed by atoms with van der Waals surface area (Å²) in [5.74, 6) is 0.569. The van der Waals surface area contributed by atoms with E-state index in [0.717, 1.165) is 16.7 Å². The Hall–Kier alpha value is -2.33. The highest BCUT2D eigenvalue weighted by molar-refractivity contribution is 6.30. The Morgan fingerprint density at radius 3 is 2.42 bits per heavy atom. The molecule has 0 fully saturated rings. The molecule has 0 saturated carbocycles. The number of amides is 1. The van der Waals surface area contributed by atoms with Gasteiger partial charge in [-0.25, -0.2) is 0 Å². The molecule has 0 bridgehead atoms. The lowest BCUT2D eigenvalue weighted by Crippen LogP contribution is -2.26. The minimum atomic E-state index is -0.0933. The van der Waals surface area contributed by atoms with Crippen LogP contribution in [0.3, 0.4) is 0 Å². The van der Waals surface area contributed by atoms with E-state index in [-0.39, 0.29) is 24.5 Å². The van der Waals surface area contributed by atoms with Crippen LogP contribution in [0.1, 0.15) is 39.9 Å². The molecule has 0 aliphatic rings. The molecular formula is C21H24ClNO3. The van der Waals surface area contributed by atoms with Gasteiger partial charge in [-0.3, -0.25) is 9.59 Å². The van der Waals surface area contributed by atoms with E-state index in [1.807, 2.05) is 32.0 Å². The molecule has 4 nitrogen and oxygen atoms in total. The maximum absolute atomic E-state index is 12.4. The van der Waals surface area contributed by atoms with Crippen LogP contribution in [0.2, 0.25) is 5.02 Å². The minimum Gasteiger partial charge on any atom is -0.496 e. The molecule has 0 N–H and O–H groups in total. The molecule has 138 valence electrons. The van der Waals surface area contributed by atoms with Crippen molar-refractivity contribution in [1.29, 1.82) is 0 Å². The van der Waals surface area contributed by atoms with E-state index in [0.29, 0.717) is 22.9 Å². The number of hydrogen-bond donors (Lipinski definition) is 0. The van der Waals surface area contributed by atoms with Crippen molar-refractivity contribution < 1.29 is 14.3 Å². The lowest BCUT2D eigenvalue weighted by molar-refractivity contribution is -0.130. The van der Waals surface area contributed by atoms with Gasteiger partial charge in [0.15, 0.2) is 5.78 Å². The van der Waals surface area contributed by atoms with Gasteiger partial charge in [0.25, 0.3) is 0 Å². The fourth-order valence-electron chi connectivity index (χ4n) is 2.68. The monoisotopic (exact) mass is 373 g/mol. The van der Waals surface area contributed by atoms with Crippen LogP contribution in [0, 0.1) is 13.8 Å². The standard InChI is InChI=1S/C21H24ClNO3/c1-14-5-6-16(11-15(14)2)19(24)8-10-21(25)23(3)13-17-12-18(22)7-9-20(17)26-4/h5-7,9,11-12H,8,10,13H2,1-4H3. The van der Waals surface area contributed by atoms with Crippen LogP contribution in [0.25, 0.3) is 0 Å². The van der Waals surface area contributed by atoms with Crippen LogP contribution in [-0.4, -0.2) is 30.7 Å². The predicted molar refractivity (Wildman–Crippen MR) is 104 cm³/mol. The molecule has 2 aromatic carbocycles. The first-order valence-electron chi connectivity index (χ1n) is 8.48. The number of carbonyl (C=O) groups excluding carboxylic acids is 2. The summed E-state index contributed by atoms with van der Waals surface area (Å²) in [5.41, 5.74) is 3.71. The van der Waals surface area contributed by atoms with Gasteiger partial charge < -0.3 is 9.64 Å². The van der Waals surface area contributed by atoms with Gasteiger partial charge in [-0.05, 0) is 49.2 Å². The van der Waals surface area contributed by atoms with Gasteiger partial charge in [0, 0.05) is 42.6 Å².